The zero-order chi connectivity index (χ0) is 23.1. The minimum Gasteiger partial charge on any atom is -0.398 e. The van der Waals surface area contributed by atoms with E-state index >= 15 is 0 Å². The summed E-state index contributed by atoms with van der Waals surface area (Å²) in [6.45, 7) is 12.9. The second-order valence-corrected chi connectivity index (χ2v) is 9.32. The third-order valence-electron chi connectivity index (χ3n) is 6.82. The Morgan fingerprint density at radius 1 is 0.969 bits per heavy atom. The van der Waals surface area contributed by atoms with Gasteiger partial charge in [0.1, 0.15) is 0 Å². The van der Waals surface area contributed by atoms with Crippen molar-refractivity contribution in [2.24, 2.45) is 11.8 Å². The van der Waals surface area contributed by atoms with Crippen molar-refractivity contribution in [1.29, 1.82) is 0 Å². The van der Waals surface area contributed by atoms with Crippen LogP contribution in [0.3, 0.4) is 0 Å². The van der Waals surface area contributed by atoms with Gasteiger partial charge in [0.25, 0.3) is 0 Å². The monoisotopic (exact) mass is 427 g/mol. The number of nitrogens with two attached hydrogens (primary N) is 1. The molecule has 2 aliphatic rings. The number of nitrogen functional groups attached to an aromatic ring is 1. The Labute approximate surface area is 196 Å². The second kappa shape index (κ2) is 11.4. The van der Waals surface area contributed by atoms with E-state index in [9.17, 15) is 0 Å². The van der Waals surface area contributed by atoms with Crippen LogP contribution in [0.15, 0.2) is 66.8 Å². The number of allylic oxidation sites excluding steroid dienone is 5. The number of fused-ring (bicyclic) bond motifs is 1. The molecule has 170 valence electrons. The van der Waals surface area contributed by atoms with Crippen LogP contribution >= 0.6 is 0 Å². The van der Waals surface area contributed by atoms with Crippen LogP contribution < -0.4 is 5.73 Å². The molecular formula is C31H41N. The van der Waals surface area contributed by atoms with Crippen molar-refractivity contribution in [1.82, 2.24) is 0 Å². The lowest BCUT2D eigenvalue weighted by Gasteiger charge is -2.12. The molecule has 0 bridgehead atoms. The minimum atomic E-state index is 0.633. The molecule has 0 spiro atoms. The van der Waals surface area contributed by atoms with Crippen LogP contribution in [0.4, 0.5) is 5.69 Å². The highest BCUT2D eigenvalue weighted by atomic mass is 14.6. The van der Waals surface area contributed by atoms with Crippen molar-refractivity contribution in [2.45, 2.75) is 72.6 Å². The predicted octanol–water partition coefficient (Wildman–Crippen LogP) is 8.79. The highest BCUT2D eigenvalue weighted by molar-refractivity contribution is 5.90. The van der Waals surface area contributed by atoms with Crippen molar-refractivity contribution in [3.8, 4) is 0 Å². The Hall–Kier alpha value is -2.54. The summed E-state index contributed by atoms with van der Waals surface area (Å²) in [5, 5.41) is 0. The maximum Gasteiger partial charge on any atom is 0.0394 e. The Bertz CT molecular complexity index is 970. The zero-order valence-corrected chi connectivity index (χ0v) is 20.6. The first kappa shape index (κ1) is 24.1. The fourth-order valence-corrected chi connectivity index (χ4v) is 4.74. The van der Waals surface area contributed by atoms with Gasteiger partial charge in [-0.05, 0) is 71.6 Å². The lowest BCUT2D eigenvalue weighted by atomic mass is 9.94. The first-order valence-electron chi connectivity index (χ1n) is 12.6. The molecule has 2 atom stereocenters. The molecule has 0 aromatic heterocycles. The molecule has 2 unspecified atom stereocenters. The molecule has 0 radical (unpaired) electrons. The van der Waals surface area contributed by atoms with E-state index in [4.69, 9.17) is 5.73 Å². The summed E-state index contributed by atoms with van der Waals surface area (Å²) in [5.41, 5.74) is 16.3. The van der Waals surface area contributed by atoms with E-state index in [-0.39, 0.29) is 0 Å². The molecule has 1 nitrogen and oxygen atoms in total. The number of hydrogen-bond donors (Lipinski definition) is 1. The van der Waals surface area contributed by atoms with Crippen molar-refractivity contribution in [3.63, 3.8) is 0 Å². The van der Waals surface area contributed by atoms with Crippen molar-refractivity contribution >= 4 is 16.8 Å². The molecule has 0 heterocycles. The van der Waals surface area contributed by atoms with Gasteiger partial charge in [0, 0.05) is 11.3 Å². The third-order valence-corrected chi connectivity index (χ3v) is 6.82. The average Bonchev–Trinajstić information content (AvgIpc) is 3.52. The smallest absolute Gasteiger partial charge is 0.0394 e. The molecule has 1 fully saturated rings. The number of anilines is 1. The maximum atomic E-state index is 6.27. The van der Waals surface area contributed by atoms with Gasteiger partial charge in [-0.15, -0.1) is 0 Å². The molecule has 2 aromatic rings. The van der Waals surface area contributed by atoms with Crippen molar-refractivity contribution < 1.29 is 0 Å². The molecule has 2 N–H and O–H groups in total. The highest BCUT2D eigenvalue weighted by Crippen LogP contribution is 2.59. The van der Waals surface area contributed by atoms with Crippen LogP contribution in [-0.2, 0) is 6.42 Å². The molecular weight excluding hydrogens is 386 g/mol. The van der Waals surface area contributed by atoms with Gasteiger partial charge in [-0.2, -0.15) is 0 Å². The number of rotatable bonds is 8. The summed E-state index contributed by atoms with van der Waals surface area (Å²) in [7, 11) is 0. The lowest BCUT2D eigenvalue weighted by Crippen LogP contribution is -1.96. The van der Waals surface area contributed by atoms with Crippen LogP contribution in [0, 0.1) is 18.8 Å². The Morgan fingerprint density at radius 3 is 2.25 bits per heavy atom. The summed E-state index contributed by atoms with van der Waals surface area (Å²) >= 11 is 0. The quantitative estimate of drug-likeness (QED) is 0.330. The third kappa shape index (κ3) is 5.63. The van der Waals surface area contributed by atoms with Crippen LogP contribution in [0.2, 0.25) is 0 Å². The van der Waals surface area contributed by atoms with Crippen LogP contribution in [0.5, 0.6) is 0 Å². The summed E-state index contributed by atoms with van der Waals surface area (Å²) in [6, 6.07) is 15.3. The first-order valence-corrected chi connectivity index (χ1v) is 12.6. The SMILES string of the molecule is C=C/C(=C1\C=C(c2ccc(CC)cc2)C2CC12)c1cc(C)ccc1N.CCCCCCC. The molecule has 2 aliphatic carbocycles. The Morgan fingerprint density at radius 2 is 1.66 bits per heavy atom. The summed E-state index contributed by atoms with van der Waals surface area (Å²) < 4.78 is 0. The summed E-state index contributed by atoms with van der Waals surface area (Å²) in [6.07, 6.45) is 13.7. The van der Waals surface area contributed by atoms with Gasteiger partial charge >= 0.3 is 0 Å². The first-order chi connectivity index (χ1) is 15.5. The van der Waals surface area contributed by atoms with E-state index in [0.29, 0.717) is 11.8 Å². The second-order valence-electron chi connectivity index (χ2n) is 9.32. The van der Waals surface area contributed by atoms with E-state index < -0.39 is 0 Å². The normalized spacial score (nSPS) is 20.1. The van der Waals surface area contributed by atoms with Gasteiger partial charge in [-0.3, -0.25) is 0 Å². The van der Waals surface area contributed by atoms with Gasteiger partial charge in [-0.25, -0.2) is 0 Å². The maximum absolute atomic E-state index is 6.27. The molecule has 1 saturated carbocycles. The predicted molar refractivity (Wildman–Crippen MR) is 143 cm³/mol. The van der Waals surface area contributed by atoms with Crippen LogP contribution in [-0.4, -0.2) is 0 Å². The van der Waals surface area contributed by atoms with E-state index in [1.54, 1.807) is 0 Å². The Kier molecular flexibility index (Phi) is 8.56. The van der Waals surface area contributed by atoms with Crippen LogP contribution in [0.25, 0.3) is 11.1 Å². The van der Waals surface area contributed by atoms with E-state index in [1.807, 2.05) is 12.1 Å². The molecule has 0 saturated heterocycles. The van der Waals surface area contributed by atoms with Crippen LogP contribution in [0.1, 0.15) is 81.5 Å². The fourth-order valence-electron chi connectivity index (χ4n) is 4.74. The number of unbranched alkanes of at least 4 members (excludes halogenated alkanes) is 4. The molecule has 2 aromatic carbocycles. The van der Waals surface area contributed by atoms with Gasteiger partial charge in [0.15, 0.2) is 0 Å². The molecule has 0 amide bonds. The van der Waals surface area contributed by atoms with Gasteiger partial charge < -0.3 is 5.73 Å². The molecule has 4 rings (SSSR count). The van der Waals surface area contributed by atoms with Gasteiger partial charge in [0.05, 0.1) is 0 Å². The fraction of sp³-hybridized carbons (Fsp3) is 0.419. The number of hydrogen-bond acceptors (Lipinski definition) is 1. The summed E-state index contributed by atoms with van der Waals surface area (Å²) in [5.74, 6) is 1.30. The Balaban J connectivity index is 0.000000360. The van der Waals surface area contributed by atoms with Gasteiger partial charge in [0.2, 0.25) is 0 Å². The summed E-state index contributed by atoms with van der Waals surface area (Å²) in [4.78, 5) is 0. The van der Waals surface area contributed by atoms with E-state index in [2.05, 4.69) is 76.7 Å². The molecule has 32 heavy (non-hydrogen) atoms. The molecule has 0 aliphatic heterocycles. The van der Waals surface area contributed by atoms with Crippen molar-refractivity contribution in [3.05, 3.63) is 89.0 Å². The zero-order valence-electron chi connectivity index (χ0n) is 20.6. The van der Waals surface area contributed by atoms with E-state index in [0.717, 1.165) is 17.7 Å². The largest absolute Gasteiger partial charge is 0.398 e. The van der Waals surface area contributed by atoms with E-state index in [1.165, 1.54) is 71.9 Å². The number of benzene rings is 2. The van der Waals surface area contributed by atoms with Gasteiger partial charge in [-0.1, -0.05) is 108 Å². The average molecular weight is 428 g/mol. The highest BCUT2D eigenvalue weighted by Gasteiger charge is 2.47. The topological polar surface area (TPSA) is 26.0 Å². The van der Waals surface area contributed by atoms with Crippen molar-refractivity contribution in [2.75, 3.05) is 5.73 Å². The minimum absolute atomic E-state index is 0.633. The standard InChI is InChI=1S/C24H25N.C7H16/c1-4-16-7-9-17(10-8-16)19-13-20(22-14-21(19)22)18(5-2)23-12-15(3)6-11-24(23)25;1-3-5-7-6-4-2/h5-13,21-22H,2,4,14,25H2,1,3H3;3-7H2,1-2H3/b20-18-;. The molecule has 1 heteroatoms. The number of aryl methyl sites for hydroxylation is 2. The lowest BCUT2D eigenvalue weighted by molar-refractivity contribution is 0.656.